The molecule has 0 bridgehead atoms. The van der Waals surface area contributed by atoms with E-state index in [1.165, 1.54) is 0 Å². The third kappa shape index (κ3) is 3.48. The summed E-state index contributed by atoms with van der Waals surface area (Å²) in [6.07, 6.45) is 2.66. The average Bonchev–Trinajstić information content (AvgIpc) is 3.10. The lowest BCUT2D eigenvalue weighted by Gasteiger charge is -2.11. The topological polar surface area (TPSA) is 76.1 Å². The van der Waals surface area contributed by atoms with Crippen LogP contribution in [0, 0.1) is 6.92 Å². The van der Waals surface area contributed by atoms with Gasteiger partial charge in [-0.2, -0.15) is 0 Å². The highest BCUT2D eigenvalue weighted by molar-refractivity contribution is 6.04. The van der Waals surface area contributed by atoms with E-state index in [9.17, 15) is 4.79 Å². The van der Waals surface area contributed by atoms with Crippen molar-refractivity contribution in [3.8, 4) is 5.75 Å². The second-order valence-electron chi connectivity index (χ2n) is 5.60. The lowest BCUT2D eigenvalue weighted by atomic mass is 10.1. The number of nitrogens with one attached hydrogen (secondary N) is 2. The Morgan fingerprint density at radius 2 is 2.13 bits per heavy atom. The van der Waals surface area contributed by atoms with Crippen LogP contribution in [-0.2, 0) is 0 Å². The predicted octanol–water partition coefficient (Wildman–Crippen LogP) is 2.12. The van der Waals surface area contributed by atoms with E-state index >= 15 is 0 Å². The molecule has 6 heteroatoms. The Bertz CT molecular complexity index is 694. The minimum Gasteiger partial charge on any atom is -0.497 e. The van der Waals surface area contributed by atoms with Gasteiger partial charge in [0.1, 0.15) is 11.6 Å². The summed E-state index contributed by atoms with van der Waals surface area (Å²) in [5.41, 5.74) is 1.91. The quantitative estimate of drug-likeness (QED) is 0.904. The van der Waals surface area contributed by atoms with Crippen LogP contribution in [0.25, 0.3) is 0 Å². The second kappa shape index (κ2) is 6.75. The normalized spacial score (nSPS) is 17.0. The summed E-state index contributed by atoms with van der Waals surface area (Å²) in [7, 11) is 1.61. The zero-order chi connectivity index (χ0) is 16.2. The van der Waals surface area contributed by atoms with Crippen molar-refractivity contribution < 1.29 is 9.53 Å². The zero-order valence-corrected chi connectivity index (χ0v) is 13.3. The molecular weight excluding hydrogens is 292 g/mol. The molecule has 1 atom stereocenters. The van der Waals surface area contributed by atoms with Crippen LogP contribution in [0.15, 0.2) is 30.5 Å². The molecule has 6 nitrogen and oxygen atoms in total. The first-order valence-corrected chi connectivity index (χ1v) is 7.67. The Morgan fingerprint density at radius 3 is 2.74 bits per heavy atom. The van der Waals surface area contributed by atoms with Gasteiger partial charge >= 0.3 is 0 Å². The number of anilines is 1. The minimum atomic E-state index is -0.205. The number of methoxy groups -OCH3 is 1. The van der Waals surface area contributed by atoms with Crippen LogP contribution < -0.4 is 15.4 Å². The Hall–Kier alpha value is -2.47. The van der Waals surface area contributed by atoms with Gasteiger partial charge < -0.3 is 15.4 Å². The van der Waals surface area contributed by atoms with E-state index in [0.29, 0.717) is 22.9 Å². The third-order valence-electron chi connectivity index (χ3n) is 4.02. The lowest BCUT2D eigenvalue weighted by molar-refractivity contribution is 0.102. The van der Waals surface area contributed by atoms with Crippen LogP contribution >= 0.6 is 0 Å². The van der Waals surface area contributed by atoms with E-state index in [1.807, 2.05) is 6.92 Å². The third-order valence-corrected chi connectivity index (χ3v) is 4.02. The zero-order valence-electron chi connectivity index (χ0n) is 13.3. The number of ether oxygens (including phenoxy) is 1. The summed E-state index contributed by atoms with van der Waals surface area (Å²) in [6, 6.07) is 7.20. The molecule has 1 saturated heterocycles. The molecule has 1 aromatic heterocycles. The van der Waals surface area contributed by atoms with Crippen LogP contribution in [0.2, 0.25) is 0 Å². The molecule has 1 aliphatic heterocycles. The molecule has 0 spiro atoms. The Balaban J connectivity index is 1.73. The molecule has 1 fully saturated rings. The van der Waals surface area contributed by atoms with Gasteiger partial charge in [0.15, 0.2) is 0 Å². The Morgan fingerprint density at radius 1 is 1.35 bits per heavy atom. The maximum absolute atomic E-state index is 12.4. The molecule has 3 rings (SSSR count). The van der Waals surface area contributed by atoms with E-state index in [1.54, 1.807) is 37.6 Å². The molecule has 2 aromatic rings. The van der Waals surface area contributed by atoms with E-state index in [-0.39, 0.29) is 5.91 Å². The molecule has 2 N–H and O–H groups in total. The van der Waals surface area contributed by atoms with Crippen molar-refractivity contribution in [1.82, 2.24) is 15.3 Å². The summed E-state index contributed by atoms with van der Waals surface area (Å²) in [4.78, 5) is 21.3. The van der Waals surface area contributed by atoms with E-state index in [4.69, 9.17) is 4.74 Å². The number of carbonyl (C=O) groups excluding carboxylic acids is 1. The number of rotatable bonds is 4. The number of aromatic nitrogens is 2. The van der Waals surface area contributed by atoms with Crippen molar-refractivity contribution in [3.05, 3.63) is 47.5 Å². The van der Waals surface area contributed by atoms with Crippen molar-refractivity contribution in [2.75, 3.05) is 25.5 Å². The fourth-order valence-corrected chi connectivity index (χ4v) is 2.65. The second-order valence-corrected chi connectivity index (χ2v) is 5.60. The molecule has 1 aliphatic rings. The van der Waals surface area contributed by atoms with Crippen LogP contribution in [0.5, 0.6) is 5.75 Å². The van der Waals surface area contributed by atoms with Crippen molar-refractivity contribution >= 4 is 11.6 Å². The first-order chi connectivity index (χ1) is 11.2. The standard InChI is InChI=1S/C17H20N4O2/c1-11-15(10-19-16(20-11)12-7-8-18-9-12)17(22)21-13-3-5-14(23-2)6-4-13/h3-6,10,12,18H,7-9H2,1-2H3,(H,21,22)/t12-/m1/s1. The molecule has 120 valence electrons. The van der Waals surface area contributed by atoms with Crippen LogP contribution in [0.4, 0.5) is 5.69 Å². The van der Waals surface area contributed by atoms with Crippen LogP contribution in [0.3, 0.4) is 0 Å². The summed E-state index contributed by atoms with van der Waals surface area (Å²) < 4.78 is 5.10. The fourth-order valence-electron chi connectivity index (χ4n) is 2.65. The van der Waals surface area contributed by atoms with Gasteiger partial charge in [0.2, 0.25) is 0 Å². The van der Waals surface area contributed by atoms with Gasteiger partial charge in [-0.05, 0) is 44.2 Å². The molecule has 0 unspecified atom stereocenters. The summed E-state index contributed by atoms with van der Waals surface area (Å²) in [6.45, 7) is 3.74. The molecule has 2 heterocycles. The van der Waals surface area contributed by atoms with Gasteiger partial charge in [-0.1, -0.05) is 0 Å². The Kier molecular flexibility index (Phi) is 4.52. The summed E-state index contributed by atoms with van der Waals surface area (Å²) in [5.74, 6) is 1.70. The molecule has 0 radical (unpaired) electrons. The van der Waals surface area contributed by atoms with Crippen molar-refractivity contribution in [2.45, 2.75) is 19.3 Å². The number of hydrogen-bond acceptors (Lipinski definition) is 5. The van der Waals surface area contributed by atoms with E-state index in [0.717, 1.165) is 31.1 Å². The van der Waals surface area contributed by atoms with Gasteiger partial charge in [-0.3, -0.25) is 4.79 Å². The first-order valence-electron chi connectivity index (χ1n) is 7.67. The van der Waals surface area contributed by atoms with Crippen molar-refractivity contribution in [1.29, 1.82) is 0 Å². The van der Waals surface area contributed by atoms with Gasteiger partial charge in [0.25, 0.3) is 5.91 Å². The number of benzene rings is 1. The van der Waals surface area contributed by atoms with E-state index in [2.05, 4.69) is 20.6 Å². The number of nitrogens with zero attached hydrogens (tertiary/aromatic N) is 2. The minimum absolute atomic E-state index is 0.205. The van der Waals surface area contributed by atoms with Crippen molar-refractivity contribution in [3.63, 3.8) is 0 Å². The smallest absolute Gasteiger partial charge is 0.259 e. The monoisotopic (exact) mass is 312 g/mol. The highest BCUT2D eigenvalue weighted by atomic mass is 16.5. The Labute approximate surface area is 135 Å². The maximum Gasteiger partial charge on any atom is 0.259 e. The van der Waals surface area contributed by atoms with Gasteiger partial charge in [0.05, 0.1) is 18.4 Å². The molecule has 0 saturated carbocycles. The highest BCUT2D eigenvalue weighted by Crippen LogP contribution is 2.20. The highest BCUT2D eigenvalue weighted by Gasteiger charge is 2.21. The molecule has 1 aromatic carbocycles. The maximum atomic E-state index is 12.4. The van der Waals surface area contributed by atoms with Crippen molar-refractivity contribution in [2.24, 2.45) is 0 Å². The van der Waals surface area contributed by atoms with E-state index < -0.39 is 0 Å². The van der Waals surface area contributed by atoms with Crippen LogP contribution in [0.1, 0.15) is 34.2 Å². The number of carbonyl (C=O) groups is 1. The van der Waals surface area contributed by atoms with Gasteiger partial charge in [0, 0.05) is 24.3 Å². The lowest BCUT2D eigenvalue weighted by Crippen LogP contribution is -2.17. The van der Waals surface area contributed by atoms with Gasteiger partial charge in [-0.25, -0.2) is 9.97 Å². The summed E-state index contributed by atoms with van der Waals surface area (Å²) >= 11 is 0. The van der Waals surface area contributed by atoms with Crippen LogP contribution in [-0.4, -0.2) is 36.1 Å². The SMILES string of the molecule is COc1ccc(NC(=O)c2cnc([C@@H]3CCNC3)nc2C)cc1. The fraction of sp³-hybridized carbons (Fsp3) is 0.353. The predicted molar refractivity (Wildman–Crippen MR) is 87.9 cm³/mol. The number of hydrogen-bond donors (Lipinski definition) is 2. The molecule has 0 aliphatic carbocycles. The molecule has 1 amide bonds. The average molecular weight is 312 g/mol. The largest absolute Gasteiger partial charge is 0.497 e. The first kappa shape index (κ1) is 15.4. The molecular formula is C17H20N4O2. The summed E-state index contributed by atoms with van der Waals surface area (Å²) in [5, 5.41) is 6.15. The van der Waals surface area contributed by atoms with Gasteiger partial charge in [-0.15, -0.1) is 0 Å². The molecule has 23 heavy (non-hydrogen) atoms. The number of amides is 1. The number of aryl methyl sites for hydroxylation is 1.